The fourth-order valence-corrected chi connectivity index (χ4v) is 4.44. The van der Waals surface area contributed by atoms with Crippen molar-refractivity contribution < 1.29 is 32.3 Å². The number of nitrogens with one attached hydrogen (secondary N) is 4. The van der Waals surface area contributed by atoms with Crippen LogP contribution in [0.2, 0.25) is 0 Å². The van der Waals surface area contributed by atoms with Gasteiger partial charge in [-0.1, -0.05) is 30.3 Å². The molecule has 0 spiro atoms. The number of nitrogens with zero attached hydrogens (tertiary/aromatic N) is 1. The highest BCUT2D eigenvalue weighted by Crippen LogP contribution is 2.24. The molecular formula is C23H33N5O7S2. The Kier molecular flexibility index (Phi) is 11.3. The molecule has 0 fully saturated rings. The standard InChI is InChI=1S/C23H33N5O7S2/c1-5-34-21(30)26-17(13-9-10-14-24-37(32,33)28-22(31)35-23(2,3)4)19(29)27-20-25-18(15-36-20)16-11-7-6-8-12-16/h6-8,11-12,15,17,24H,5,9-10,13-14H2,1-4H3,(H,26,30)(H,28,31)(H,25,27,29)/t17-/m0/s1. The van der Waals surface area contributed by atoms with Gasteiger partial charge in [-0.25, -0.2) is 19.3 Å². The second-order valence-corrected chi connectivity index (χ2v) is 11.2. The van der Waals surface area contributed by atoms with E-state index in [9.17, 15) is 22.8 Å². The molecule has 1 aromatic heterocycles. The van der Waals surface area contributed by atoms with Crippen molar-refractivity contribution in [2.45, 2.75) is 58.6 Å². The van der Waals surface area contributed by atoms with Crippen LogP contribution < -0.4 is 20.1 Å². The predicted molar refractivity (Wildman–Crippen MR) is 140 cm³/mol. The van der Waals surface area contributed by atoms with E-state index in [0.29, 0.717) is 23.7 Å². The molecule has 37 heavy (non-hydrogen) atoms. The second-order valence-electron chi connectivity index (χ2n) is 8.81. The van der Waals surface area contributed by atoms with Crippen LogP contribution in [0.25, 0.3) is 11.3 Å². The number of rotatable bonds is 12. The SMILES string of the molecule is CCOC(=O)N[C@@H](CCCCNS(=O)(=O)NC(=O)OC(C)(C)C)C(=O)Nc1nc(-c2ccccc2)cs1. The fourth-order valence-electron chi connectivity index (χ4n) is 2.97. The fraction of sp³-hybridized carbons (Fsp3) is 0.478. The van der Waals surface area contributed by atoms with E-state index < -0.39 is 39.9 Å². The van der Waals surface area contributed by atoms with E-state index in [4.69, 9.17) is 9.47 Å². The van der Waals surface area contributed by atoms with Crippen molar-refractivity contribution >= 4 is 44.8 Å². The van der Waals surface area contributed by atoms with Crippen molar-refractivity contribution in [3.8, 4) is 11.3 Å². The molecule has 0 aliphatic carbocycles. The van der Waals surface area contributed by atoms with E-state index in [1.807, 2.05) is 35.7 Å². The molecule has 4 N–H and O–H groups in total. The van der Waals surface area contributed by atoms with Gasteiger partial charge in [0.1, 0.15) is 11.6 Å². The molecule has 0 aliphatic rings. The molecule has 3 amide bonds. The lowest BCUT2D eigenvalue weighted by molar-refractivity contribution is -0.118. The van der Waals surface area contributed by atoms with Gasteiger partial charge in [-0.3, -0.25) is 4.79 Å². The number of ether oxygens (including phenoxy) is 2. The quantitative estimate of drug-likeness (QED) is 0.289. The molecule has 0 saturated carbocycles. The van der Waals surface area contributed by atoms with Gasteiger partial charge in [0.15, 0.2) is 5.13 Å². The van der Waals surface area contributed by atoms with Crippen molar-refractivity contribution in [3.63, 3.8) is 0 Å². The Labute approximate surface area is 220 Å². The first-order chi connectivity index (χ1) is 17.4. The molecule has 2 rings (SSSR count). The first-order valence-electron chi connectivity index (χ1n) is 11.6. The van der Waals surface area contributed by atoms with Gasteiger partial charge in [0.2, 0.25) is 5.91 Å². The van der Waals surface area contributed by atoms with Gasteiger partial charge in [0.25, 0.3) is 0 Å². The summed E-state index contributed by atoms with van der Waals surface area (Å²) in [6.07, 6.45) is -0.907. The van der Waals surface area contributed by atoms with E-state index in [-0.39, 0.29) is 19.6 Å². The van der Waals surface area contributed by atoms with Crippen LogP contribution in [-0.4, -0.2) is 56.3 Å². The lowest BCUT2D eigenvalue weighted by Gasteiger charge is -2.19. The third-order valence-electron chi connectivity index (χ3n) is 4.52. The van der Waals surface area contributed by atoms with Crippen LogP contribution in [0.4, 0.5) is 14.7 Å². The maximum atomic E-state index is 12.9. The zero-order valence-corrected chi connectivity index (χ0v) is 22.8. The molecule has 0 unspecified atom stereocenters. The molecule has 0 bridgehead atoms. The van der Waals surface area contributed by atoms with E-state index >= 15 is 0 Å². The summed E-state index contributed by atoms with van der Waals surface area (Å²) in [7, 11) is -4.11. The van der Waals surface area contributed by atoms with Gasteiger partial charge in [-0.2, -0.15) is 13.1 Å². The number of carbonyl (C=O) groups excluding carboxylic acids is 3. The van der Waals surface area contributed by atoms with E-state index in [2.05, 4.69) is 20.3 Å². The molecule has 0 radical (unpaired) electrons. The summed E-state index contributed by atoms with van der Waals surface area (Å²) in [5, 5.41) is 7.42. The Hall–Kier alpha value is -3.23. The van der Waals surface area contributed by atoms with Gasteiger partial charge >= 0.3 is 22.4 Å². The summed E-state index contributed by atoms with van der Waals surface area (Å²) in [6, 6.07) is 8.55. The Balaban J connectivity index is 1.88. The number of benzene rings is 1. The molecule has 2 aromatic rings. The average molecular weight is 556 g/mol. The van der Waals surface area contributed by atoms with Crippen LogP contribution in [0, 0.1) is 0 Å². The maximum absolute atomic E-state index is 12.9. The summed E-state index contributed by atoms with van der Waals surface area (Å²) in [6.45, 7) is 6.62. The summed E-state index contributed by atoms with van der Waals surface area (Å²) in [5.41, 5.74) is 0.773. The van der Waals surface area contributed by atoms with Gasteiger partial charge < -0.3 is 20.1 Å². The zero-order chi connectivity index (χ0) is 27.5. The number of carbonyl (C=O) groups is 3. The van der Waals surface area contributed by atoms with Gasteiger partial charge in [0, 0.05) is 17.5 Å². The number of alkyl carbamates (subject to hydrolysis) is 1. The third-order valence-corrected chi connectivity index (χ3v) is 6.29. The number of amides is 3. The molecule has 1 atom stereocenters. The van der Waals surface area contributed by atoms with Crippen molar-refractivity contribution in [3.05, 3.63) is 35.7 Å². The molecule has 12 nitrogen and oxygen atoms in total. The molecule has 1 aromatic carbocycles. The van der Waals surface area contributed by atoms with Crippen LogP contribution in [0.1, 0.15) is 47.0 Å². The summed E-state index contributed by atoms with van der Waals surface area (Å²) in [4.78, 5) is 40.9. The highest BCUT2D eigenvalue weighted by molar-refractivity contribution is 7.88. The van der Waals surface area contributed by atoms with Crippen LogP contribution >= 0.6 is 11.3 Å². The predicted octanol–water partition coefficient (Wildman–Crippen LogP) is 3.39. The average Bonchev–Trinajstić information content (AvgIpc) is 3.25. The van der Waals surface area contributed by atoms with Crippen LogP contribution in [0.5, 0.6) is 0 Å². The molecule has 204 valence electrons. The lowest BCUT2D eigenvalue weighted by atomic mass is 10.1. The van der Waals surface area contributed by atoms with Gasteiger partial charge in [-0.05, 0) is 47.0 Å². The maximum Gasteiger partial charge on any atom is 0.422 e. The highest BCUT2D eigenvalue weighted by atomic mass is 32.2. The van der Waals surface area contributed by atoms with Crippen LogP contribution in [0.3, 0.4) is 0 Å². The van der Waals surface area contributed by atoms with E-state index in [1.54, 1.807) is 32.4 Å². The van der Waals surface area contributed by atoms with Crippen LogP contribution in [-0.2, 0) is 24.5 Å². The topological polar surface area (TPSA) is 165 Å². The Morgan fingerprint density at radius 2 is 1.78 bits per heavy atom. The minimum absolute atomic E-state index is 0.00120. The van der Waals surface area contributed by atoms with Gasteiger partial charge in [0.05, 0.1) is 12.3 Å². The van der Waals surface area contributed by atoms with E-state index in [0.717, 1.165) is 5.56 Å². The van der Waals surface area contributed by atoms with Crippen LogP contribution in [0.15, 0.2) is 35.7 Å². The van der Waals surface area contributed by atoms with Gasteiger partial charge in [-0.15, -0.1) is 11.3 Å². The normalized spacial score (nSPS) is 12.3. The van der Waals surface area contributed by atoms with Crippen molar-refractivity contribution in [1.29, 1.82) is 0 Å². The number of hydrogen-bond acceptors (Lipinski definition) is 9. The third kappa shape index (κ3) is 11.6. The number of hydrogen-bond donors (Lipinski definition) is 4. The summed E-state index contributed by atoms with van der Waals surface area (Å²) >= 11 is 1.25. The van der Waals surface area contributed by atoms with Crippen molar-refractivity contribution in [1.82, 2.24) is 19.7 Å². The zero-order valence-electron chi connectivity index (χ0n) is 21.2. The number of unbranched alkanes of at least 4 members (excludes halogenated alkanes) is 1. The summed E-state index contributed by atoms with van der Waals surface area (Å²) < 4.78 is 37.8. The molecular weight excluding hydrogens is 522 g/mol. The highest BCUT2D eigenvalue weighted by Gasteiger charge is 2.23. The number of aromatic nitrogens is 1. The lowest BCUT2D eigenvalue weighted by Crippen LogP contribution is -2.44. The smallest absolute Gasteiger partial charge is 0.422 e. The molecule has 1 heterocycles. The van der Waals surface area contributed by atoms with E-state index in [1.165, 1.54) is 11.3 Å². The molecule has 0 aliphatic heterocycles. The monoisotopic (exact) mass is 555 g/mol. The summed E-state index contributed by atoms with van der Waals surface area (Å²) in [5.74, 6) is -0.478. The Bertz CT molecular complexity index is 1150. The minimum Gasteiger partial charge on any atom is -0.450 e. The largest absolute Gasteiger partial charge is 0.450 e. The number of thiazole rings is 1. The first kappa shape index (κ1) is 30.0. The molecule has 0 saturated heterocycles. The van der Waals surface area contributed by atoms with Crippen molar-refractivity contribution in [2.75, 3.05) is 18.5 Å². The second kappa shape index (κ2) is 13.9. The molecule has 14 heteroatoms. The minimum atomic E-state index is -4.11. The first-order valence-corrected chi connectivity index (χ1v) is 14.0. The Morgan fingerprint density at radius 1 is 1.08 bits per heavy atom. The van der Waals surface area contributed by atoms with Crippen molar-refractivity contribution in [2.24, 2.45) is 0 Å². The Morgan fingerprint density at radius 3 is 2.43 bits per heavy atom. The number of anilines is 1.